The lowest BCUT2D eigenvalue weighted by Gasteiger charge is -1.82. The molecule has 0 unspecified atom stereocenters. The van der Waals surface area contributed by atoms with Crippen LogP contribution in [0.5, 0.6) is 0 Å². The van der Waals surface area contributed by atoms with Gasteiger partial charge in [-0.2, -0.15) is 4.98 Å². The predicted molar refractivity (Wildman–Crippen MR) is 34.8 cm³/mol. The summed E-state index contributed by atoms with van der Waals surface area (Å²) in [6.45, 7) is 0. The monoisotopic (exact) mass is 117 g/mol. The van der Waals surface area contributed by atoms with Crippen LogP contribution in [0.3, 0.4) is 0 Å². The molecule has 2 nitrogen and oxygen atoms in total. The molecule has 1 N–H and O–H groups in total. The highest BCUT2D eigenvalue weighted by Crippen LogP contribution is 2.15. The first-order chi connectivity index (χ1) is 4.47. The van der Waals surface area contributed by atoms with Crippen molar-refractivity contribution >= 4 is 5.82 Å². The number of rotatable bonds is 0. The van der Waals surface area contributed by atoms with Gasteiger partial charge in [0.15, 0.2) is 0 Å². The SMILES string of the molecule is [C+]1=CNc2ncccc21. The van der Waals surface area contributed by atoms with Crippen LogP contribution in [0, 0.1) is 6.08 Å². The van der Waals surface area contributed by atoms with Crippen LogP contribution in [0.1, 0.15) is 5.56 Å². The zero-order valence-corrected chi connectivity index (χ0v) is 4.76. The zero-order chi connectivity index (χ0) is 6.10. The van der Waals surface area contributed by atoms with Gasteiger partial charge < -0.3 is 0 Å². The third-order valence-corrected chi connectivity index (χ3v) is 1.24. The summed E-state index contributed by atoms with van der Waals surface area (Å²) in [7, 11) is 0. The number of nitrogens with one attached hydrogen (secondary N) is 1. The van der Waals surface area contributed by atoms with E-state index in [4.69, 9.17) is 0 Å². The van der Waals surface area contributed by atoms with E-state index in [2.05, 4.69) is 16.4 Å². The van der Waals surface area contributed by atoms with E-state index in [0.717, 1.165) is 11.4 Å². The molecule has 1 aromatic heterocycles. The van der Waals surface area contributed by atoms with Crippen LogP contribution in [0.25, 0.3) is 0 Å². The topological polar surface area (TPSA) is 24.9 Å². The number of anilines is 1. The summed E-state index contributed by atoms with van der Waals surface area (Å²) in [5, 5.41) is 2.95. The number of hydrogen-bond donors (Lipinski definition) is 1. The van der Waals surface area contributed by atoms with Crippen LogP contribution < -0.4 is 5.32 Å². The van der Waals surface area contributed by atoms with Gasteiger partial charge in [-0.15, -0.1) is 0 Å². The number of nitrogens with zero attached hydrogens (tertiary/aromatic N) is 1. The molecule has 0 bridgehead atoms. The Bertz CT molecular complexity index is 253. The van der Waals surface area contributed by atoms with Crippen molar-refractivity contribution in [2.45, 2.75) is 0 Å². The second-order valence-corrected chi connectivity index (χ2v) is 1.83. The quantitative estimate of drug-likeness (QED) is 0.516. The van der Waals surface area contributed by atoms with Crippen molar-refractivity contribution < 1.29 is 0 Å². The Balaban J connectivity index is 2.63. The molecule has 0 saturated heterocycles. The standard InChI is InChI=1S/C7H5N2/c1-2-6-3-5-9-7(6)8-4-1/h1-2,4-5H,(H,8,9)/q+1. The Morgan fingerprint density at radius 1 is 1.56 bits per heavy atom. The molecule has 9 heavy (non-hydrogen) atoms. The average Bonchev–Trinajstić information content (AvgIpc) is 2.33. The van der Waals surface area contributed by atoms with Gasteiger partial charge in [0.1, 0.15) is 6.20 Å². The van der Waals surface area contributed by atoms with Crippen molar-refractivity contribution in [3.8, 4) is 0 Å². The van der Waals surface area contributed by atoms with Crippen LogP contribution in [0.2, 0.25) is 0 Å². The first kappa shape index (κ1) is 4.48. The van der Waals surface area contributed by atoms with Crippen molar-refractivity contribution in [1.29, 1.82) is 0 Å². The van der Waals surface area contributed by atoms with Gasteiger partial charge in [0.2, 0.25) is 5.56 Å². The van der Waals surface area contributed by atoms with E-state index in [1.54, 1.807) is 12.4 Å². The molecule has 2 heteroatoms. The molecule has 2 rings (SSSR count). The van der Waals surface area contributed by atoms with Gasteiger partial charge in [-0.25, -0.2) is 0 Å². The van der Waals surface area contributed by atoms with Crippen molar-refractivity contribution in [3.05, 3.63) is 36.2 Å². The first-order valence-electron chi connectivity index (χ1n) is 2.76. The van der Waals surface area contributed by atoms with Gasteiger partial charge in [-0.05, 0) is 0 Å². The maximum absolute atomic E-state index is 4.05. The van der Waals surface area contributed by atoms with Crippen LogP contribution in [0.4, 0.5) is 5.82 Å². The van der Waals surface area contributed by atoms with Crippen LogP contribution >= 0.6 is 0 Å². The molecule has 2 heterocycles. The fraction of sp³-hybridized carbons (Fsp3) is 0. The van der Waals surface area contributed by atoms with Gasteiger partial charge in [-0.1, -0.05) is 0 Å². The maximum atomic E-state index is 4.05. The Morgan fingerprint density at radius 2 is 2.56 bits per heavy atom. The van der Waals surface area contributed by atoms with E-state index in [1.165, 1.54) is 0 Å². The van der Waals surface area contributed by atoms with Gasteiger partial charge in [0.25, 0.3) is 5.82 Å². The minimum absolute atomic E-state index is 0.900. The van der Waals surface area contributed by atoms with E-state index >= 15 is 0 Å². The molecule has 1 aromatic rings. The second kappa shape index (κ2) is 1.54. The highest BCUT2D eigenvalue weighted by atomic mass is 15.0. The predicted octanol–water partition coefficient (Wildman–Crippen LogP) is 1.17. The summed E-state index contributed by atoms with van der Waals surface area (Å²) in [6, 6.07) is 3.87. The molecule has 0 fully saturated rings. The largest absolute Gasteiger partial charge is 0.272 e. The highest BCUT2D eigenvalue weighted by Gasteiger charge is 2.13. The average molecular weight is 117 g/mol. The lowest BCUT2D eigenvalue weighted by Crippen LogP contribution is -1.85. The molecule has 0 atom stereocenters. The Hall–Kier alpha value is -1.40. The molecular formula is C7H5N2+. The summed E-state index contributed by atoms with van der Waals surface area (Å²) in [5.74, 6) is 0.900. The van der Waals surface area contributed by atoms with Crippen LogP contribution in [-0.4, -0.2) is 4.98 Å². The lowest BCUT2D eigenvalue weighted by atomic mass is 10.3. The normalized spacial score (nSPS) is 12.0. The second-order valence-electron chi connectivity index (χ2n) is 1.83. The van der Waals surface area contributed by atoms with E-state index < -0.39 is 0 Å². The molecule has 0 aliphatic carbocycles. The Morgan fingerprint density at radius 3 is 3.44 bits per heavy atom. The van der Waals surface area contributed by atoms with Gasteiger partial charge >= 0.3 is 0 Å². The summed E-state index contributed by atoms with van der Waals surface area (Å²) in [6.07, 6.45) is 6.52. The van der Waals surface area contributed by atoms with Crippen molar-refractivity contribution in [3.63, 3.8) is 0 Å². The van der Waals surface area contributed by atoms with Crippen LogP contribution in [0.15, 0.2) is 24.5 Å². The van der Waals surface area contributed by atoms with Gasteiger partial charge in [0.05, 0.1) is 18.3 Å². The summed E-state index contributed by atoms with van der Waals surface area (Å²) in [5.41, 5.74) is 1.04. The number of pyridine rings is 1. The molecule has 0 radical (unpaired) electrons. The summed E-state index contributed by atoms with van der Waals surface area (Å²) < 4.78 is 0. The number of hydrogen-bond acceptors (Lipinski definition) is 2. The molecule has 1 aliphatic rings. The third-order valence-electron chi connectivity index (χ3n) is 1.24. The maximum Gasteiger partial charge on any atom is 0.253 e. The molecular weight excluding hydrogens is 112 g/mol. The number of fused-ring (bicyclic) bond motifs is 1. The molecule has 1 aliphatic heterocycles. The summed E-state index contributed by atoms with van der Waals surface area (Å²) in [4.78, 5) is 4.05. The fourth-order valence-corrected chi connectivity index (χ4v) is 0.819. The van der Waals surface area contributed by atoms with E-state index in [-0.39, 0.29) is 0 Å². The first-order valence-corrected chi connectivity index (χ1v) is 2.76. The van der Waals surface area contributed by atoms with Crippen molar-refractivity contribution in [2.75, 3.05) is 5.32 Å². The minimum atomic E-state index is 0.900. The van der Waals surface area contributed by atoms with E-state index in [0.29, 0.717) is 0 Å². The smallest absolute Gasteiger partial charge is 0.253 e. The lowest BCUT2D eigenvalue weighted by molar-refractivity contribution is 1.31. The van der Waals surface area contributed by atoms with Crippen LogP contribution in [-0.2, 0) is 0 Å². The minimum Gasteiger partial charge on any atom is -0.272 e. The van der Waals surface area contributed by atoms with E-state index in [9.17, 15) is 0 Å². The van der Waals surface area contributed by atoms with E-state index in [1.807, 2.05) is 12.1 Å². The van der Waals surface area contributed by atoms with Crippen molar-refractivity contribution in [1.82, 2.24) is 4.98 Å². The molecule has 42 valence electrons. The Kier molecular flexibility index (Phi) is 0.765. The Labute approximate surface area is 53.2 Å². The molecule has 0 spiro atoms. The third kappa shape index (κ3) is 0.574. The van der Waals surface area contributed by atoms with Crippen molar-refractivity contribution in [2.24, 2.45) is 0 Å². The molecule has 0 amide bonds. The molecule has 0 saturated carbocycles. The fourth-order valence-electron chi connectivity index (χ4n) is 0.819. The van der Waals surface area contributed by atoms with Gasteiger partial charge in [0, 0.05) is 6.07 Å². The number of aromatic nitrogens is 1. The molecule has 0 aromatic carbocycles. The summed E-state index contributed by atoms with van der Waals surface area (Å²) >= 11 is 0. The zero-order valence-electron chi connectivity index (χ0n) is 4.76. The highest BCUT2D eigenvalue weighted by molar-refractivity contribution is 5.54. The van der Waals surface area contributed by atoms with Gasteiger partial charge in [-0.3, -0.25) is 5.32 Å².